The number of carbonyl (C=O) groups is 2. The quantitative estimate of drug-likeness (QED) is 0.271. The molecule has 0 heterocycles. The Morgan fingerprint density at radius 3 is 2.34 bits per heavy atom. The summed E-state index contributed by atoms with van der Waals surface area (Å²) in [6.07, 6.45) is 8.06. The van der Waals surface area contributed by atoms with E-state index in [0.717, 1.165) is 29.5 Å². The van der Waals surface area contributed by atoms with E-state index in [9.17, 15) is 14.4 Å². The molecule has 2 unspecified atom stereocenters. The molecular weight excluding hydrogens is 522 g/mol. The first-order chi connectivity index (χ1) is 19.7. The summed E-state index contributed by atoms with van der Waals surface area (Å²) in [6.45, 7) is 6.00. The van der Waals surface area contributed by atoms with Gasteiger partial charge in [-0.15, -0.1) is 0 Å². The third kappa shape index (κ3) is 7.93. The normalized spacial score (nSPS) is 14.5. The van der Waals surface area contributed by atoms with E-state index >= 15 is 0 Å². The second-order valence-corrected chi connectivity index (χ2v) is 10.5. The summed E-state index contributed by atoms with van der Waals surface area (Å²) in [5.74, 6) is 1.12. The number of benzene rings is 1. The molecule has 3 N–H and O–H groups in total. The van der Waals surface area contributed by atoms with Crippen LogP contribution in [-0.2, 0) is 16.0 Å². The van der Waals surface area contributed by atoms with Gasteiger partial charge in [-0.2, -0.15) is 0 Å². The number of unbranched alkanes of at least 4 members (excludes halogenated alkanes) is 5. The monoisotopic (exact) mass is 567 g/mol. The van der Waals surface area contributed by atoms with Gasteiger partial charge in [0.05, 0.1) is 33.1 Å². The van der Waals surface area contributed by atoms with Gasteiger partial charge in [-0.1, -0.05) is 45.1 Å². The van der Waals surface area contributed by atoms with Crippen molar-refractivity contribution in [2.75, 3.05) is 33.2 Å². The molecule has 0 aromatic heterocycles. The maximum atomic E-state index is 13.5. The molecule has 0 saturated heterocycles. The lowest BCUT2D eigenvalue weighted by molar-refractivity contribution is -0.121. The van der Waals surface area contributed by atoms with Crippen molar-refractivity contribution < 1.29 is 23.8 Å². The Hall–Kier alpha value is -3.75. The smallest absolute Gasteiger partial charge is 0.242 e. The number of anilines is 1. The van der Waals surface area contributed by atoms with Crippen molar-refractivity contribution in [2.45, 2.75) is 84.2 Å². The lowest BCUT2D eigenvalue weighted by Gasteiger charge is -2.19. The average Bonchev–Trinajstić information content (AvgIpc) is 3.19. The topological polar surface area (TPSA) is 115 Å². The number of methoxy groups -OCH3 is 3. The Morgan fingerprint density at radius 1 is 0.976 bits per heavy atom. The molecule has 9 nitrogen and oxygen atoms in total. The molecule has 2 aromatic rings. The molecule has 0 bridgehead atoms. The Labute approximate surface area is 243 Å². The number of rotatable bonds is 14. The molecule has 1 aliphatic rings. The van der Waals surface area contributed by atoms with E-state index in [4.69, 9.17) is 14.2 Å². The first kappa shape index (κ1) is 31.8. The molecule has 0 radical (unpaired) electrons. The molecule has 0 saturated carbocycles. The van der Waals surface area contributed by atoms with Crippen molar-refractivity contribution in [1.29, 1.82) is 0 Å². The van der Waals surface area contributed by atoms with Crippen molar-refractivity contribution in [3.8, 4) is 28.4 Å². The molecule has 3 rings (SSSR count). The minimum Gasteiger partial charge on any atom is -0.493 e. The third-order valence-corrected chi connectivity index (χ3v) is 7.51. The SMILES string of the molecule is CCCCCCCCNC(=O)C(C)Nc1ccc2c(cc1=O)C(NC(C)=O)CCc1cc(OC)c(OC)c(OC)c1-2. The Balaban J connectivity index is 1.96. The molecule has 2 amide bonds. The molecule has 224 valence electrons. The second-order valence-electron chi connectivity index (χ2n) is 10.5. The highest BCUT2D eigenvalue weighted by Gasteiger charge is 2.29. The Bertz CT molecular complexity index is 1280. The van der Waals surface area contributed by atoms with Crippen molar-refractivity contribution in [2.24, 2.45) is 0 Å². The van der Waals surface area contributed by atoms with Gasteiger partial charge in [-0.3, -0.25) is 14.4 Å². The van der Waals surface area contributed by atoms with Crippen LogP contribution in [0.4, 0.5) is 5.69 Å². The van der Waals surface area contributed by atoms with Gasteiger partial charge >= 0.3 is 0 Å². The first-order valence-electron chi connectivity index (χ1n) is 14.6. The van der Waals surface area contributed by atoms with Crippen LogP contribution in [0.25, 0.3) is 11.1 Å². The fourth-order valence-electron chi connectivity index (χ4n) is 5.40. The van der Waals surface area contributed by atoms with E-state index in [1.165, 1.54) is 32.6 Å². The lowest BCUT2D eigenvalue weighted by atomic mass is 9.95. The van der Waals surface area contributed by atoms with E-state index in [-0.39, 0.29) is 17.2 Å². The van der Waals surface area contributed by atoms with Crippen LogP contribution >= 0.6 is 0 Å². The predicted octanol–water partition coefficient (Wildman–Crippen LogP) is 5.14. The van der Waals surface area contributed by atoms with Gasteiger partial charge in [-0.05, 0) is 61.1 Å². The number of nitrogens with one attached hydrogen (secondary N) is 3. The van der Waals surface area contributed by atoms with E-state index in [2.05, 4.69) is 22.9 Å². The van der Waals surface area contributed by atoms with Crippen molar-refractivity contribution in [1.82, 2.24) is 10.6 Å². The number of carbonyl (C=O) groups excluding carboxylic acids is 2. The molecular formula is C32H45N3O6. The van der Waals surface area contributed by atoms with E-state index in [1.54, 1.807) is 40.4 Å². The van der Waals surface area contributed by atoms with Gasteiger partial charge in [0, 0.05) is 19.0 Å². The number of aryl methyl sites for hydroxylation is 1. The molecule has 2 atom stereocenters. The van der Waals surface area contributed by atoms with Crippen LogP contribution in [-0.4, -0.2) is 45.7 Å². The highest BCUT2D eigenvalue weighted by molar-refractivity contribution is 5.85. The van der Waals surface area contributed by atoms with Crippen LogP contribution in [0.3, 0.4) is 0 Å². The molecule has 9 heteroatoms. The van der Waals surface area contributed by atoms with E-state index in [1.807, 2.05) is 12.1 Å². The minimum atomic E-state index is -0.609. The lowest BCUT2D eigenvalue weighted by Crippen LogP contribution is -2.38. The van der Waals surface area contributed by atoms with Gasteiger partial charge in [0.25, 0.3) is 0 Å². The largest absolute Gasteiger partial charge is 0.493 e. The fourth-order valence-corrected chi connectivity index (χ4v) is 5.40. The van der Waals surface area contributed by atoms with Crippen LogP contribution in [0, 0.1) is 0 Å². The fraction of sp³-hybridized carbons (Fsp3) is 0.531. The van der Waals surface area contributed by atoms with E-state index < -0.39 is 12.1 Å². The van der Waals surface area contributed by atoms with Crippen molar-refractivity contribution >= 4 is 17.5 Å². The molecule has 1 aliphatic carbocycles. The van der Waals surface area contributed by atoms with Crippen LogP contribution in [0.15, 0.2) is 29.1 Å². The molecule has 0 fully saturated rings. The summed E-state index contributed by atoms with van der Waals surface area (Å²) in [6, 6.07) is 5.98. The van der Waals surface area contributed by atoms with Crippen LogP contribution < -0.4 is 35.6 Å². The van der Waals surface area contributed by atoms with E-state index in [0.29, 0.717) is 47.9 Å². The summed E-state index contributed by atoms with van der Waals surface area (Å²) in [4.78, 5) is 38.4. The van der Waals surface area contributed by atoms with Crippen LogP contribution in [0.1, 0.15) is 82.9 Å². The number of ether oxygens (including phenoxy) is 3. The standard InChI is InChI=1S/C32H45N3O6/c1-7-8-9-10-11-12-17-33-32(38)20(2)34-26-16-14-23-24(19-27(26)37)25(35-21(3)36)15-13-22-18-28(39-4)30(40-5)31(41-6)29(22)23/h14,16,18-20,25H,7-13,15,17H2,1-6H3,(H,33,38)(H,34,37)(H,35,36). The number of fused-ring (bicyclic) bond motifs is 3. The zero-order valence-corrected chi connectivity index (χ0v) is 25.3. The van der Waals surface area contributed by atoms with Gasteiger partial charge in [-0.25, -0.2) is 0 Å². The summed E-state index contributed by atoms with van der Waals surface area (Å²) in [5.41, 5.74) is 3.15. The maximum Gasteiger partial charge on any atom is 0.242 e. The highest BCUT2D eigenvalue weighted by Crippen LogP contribution is 2.50. The first-order valence-corrected chi connectivity index (χ1v) is 14.6. The molecule has 41 heavy (non-hydrogen) atoms. The number of hydrogen-bond acceptors (Lipinski definition) is 7. The van der Waals surface area contributed by atoms with Gasteiger partial charge in [0.15, 0.2) is 11.5 Å². The Morgan fingerprint density at radius 2 is 1.68 bits per heavy atom. The van der Waals surface area contributed by atoms with Crippen LogP contribution in [0.2, 0.25) is 0 Å². The number of hydrogen-bond donors (Lipinski definition) is 3. The van der Waals surface area contributed by atoms with Gasteiger partial charge < -0.3 is 30.2 Å². The summed E-state index contributed by atoms with van der Waals surface area (Å²) in [7, 11) is 4.68. The number of amides is 2. The molecule has 2 aromatic carbocycles. The maximum absolute atomic E-state index is 13.5. The molecule has 0 aliphatic heterocycles. The van der Waals surface area contributed by atoms with Crippen molar-refractivity contribution in [3.63, 3.8) is 0 Å². The summed E-state index contributed by atoms with van der Waals surface area (Å²) >= 11 is 0. The zero-order valence-electron chi connectivity index (χ0n) is 25.3. The zero-order chi connectivity index (χ0) is 29.9. The van der Waals surface area contributed by atoms with Gasteiger partial charge in [0.2, 0.25) is 23.0 Å². The summed E-state index contributed by atoms with van der Waals surface area (Å²) < 4.78 is 17.0. The highest BCUT2D eigenvalue weighted by atomic mass is 16.5. The average molecular weight is 568 g/mol. The van der Waals surface area contributed by atoms with Crippen molar-refractivity contribution in [3.05, 3.63) is 45.6 Å². The van der Waals surface area contributed by atoms with Gasteiger partial charge in [0.1, 0.15) is 6.04 Å². The minimum absolute atomic E-state index is 0.161. The second kappa shape index (κ2) is 15.3. The Kier molecular flexibility index (Phi) is 11.9. The van der Waals surface area contributed by atoms with Crippen LogP contribution in [0.5, 0.6) is 17.2 Å². The summed E-state index contributed by atoms with van der Waals surface area (Å²) in [5, 5.41) is 9.08. The predicted molar refractivity (Wildman–Crippen MR) is 162 cm³/mol. The third-order valence-electron chi connectivity index (χ3n) is 7.51. The molecule has 0 spiro atoms.